The molecule has 0 aliphatic carbocycles. The number of methoxy groups -OCH3 is 2. The van der Waals surface area contributed by atoms with E-state index in [0.29, 0.717) is 13.2 Å². The average molecular weight is 285 g/mol. The minimum atomic E-state index is -0.456. The van der Waals surface area contributed by atoms with Crippen LogP contribution in [0.2, 0.25) is 0 Å². The van der Waals surface area contributed by atoms with Crippen molar-refractivity contribution in [3.63, 3.8) is 0 Å². The van der Waals surface area contributed by atoms with E-state index in [-0.39, 0.29) is 0 Å². The number of rotatable bonds is 8. The van der Waals surface area contributed by atoms with Crippen molar-refractivity contribution in [2.75, 3.05) is 40.7 Å². The van der Waals surface area contributed by atoms with Crippen LogP contribution in [-0.2, 0) is 11.3 Å². The highest BCUT2D eigenvalue weighted by Crippen LogP contribution is 2.28. The molecule has 0 heterocycles. The smallest absolute Gasteiger partial charge is 0.132 e. The summed E-state index contributed by atoms with van der Waals surface area (Å²) in [4.78, 5) is 3.20. The summed E-state index contributed by atoms with van der Waals surface area (Å²) < 4.78 is 10.3. The molecule has 0 aromatic heterocycles. The van der Waals surface area contributed by atoms with E-state index in [9.17, 15) is 5.11 Å². The molecule has 1 aromatic rings. The van der Waals surface area contributed by atoms with Gasteiger partial charge in [-0.15, -0.1) is 11.8 Å². The Morgan fingerprint density at radius 1 is 1.37 bits per heavy atom. The van der Waals surface area contributed by atoms with Crippen molar-refractivity contribution in [2.24, 2.45) is 0 Å². The number of hydrogen-bond acceptors (Lipinski definition) is 5. The van der Waals surface area contributed by atoms with Crippen molar-refractivity contribution >= 4 is 11.8 Å². The molecule has 0 amide bonds. The number of benzene rings is 1. The highest BCUT2D eigenvalue weighted by atomic mass is 32.2. The third-order valence-electron chi connectivity index (χ3n) is 2.78. The van der Waals surface area contributed by atoms with E-state index in [2.05, 4.69) is 17.0 Å². The minimum absolute atomic E-state index is 0.360. The van der Waals surface area contributed by atoms with Gasteiger partial charge in [0.1, 0.15) is 5.75 Å². The van der Waals surface area contributed by atoms with Gasteiger partial charge >= 0.3 is 0 Å². The zero-order chi connectivity index (χ0) is 14.3. The maximum atomic E-state index is 9.69. The SMILES string of the molecule is COCC(O)CN(C)Cc1ccc(SC)c(OC)c1. The number of aliphatic hydroxyl groups excluding tert-OH is 1. The molecule has 1 N–H and O–H groups in total. The third kappa shape index (κ3) is 5.40. The summed E-state index contributed by atoms with van der Waals surface area (Å²) in [6.07, 6.45) is 1.58. The summed E-state index contributed by atoms with van der Waals surface area (Å²) in [7, 11) is 5.26. The van der Waals surface area contributed by atoms with Crippen LogP contribution in [0.4, 0.5) is 0 Å². The molecule has 1 aromatic carbocycles. The van der Waals surface area contributed by atoms with E-state index in [4.69, 9.17) is 9.47 Å². The standard InChI is InChI=1S/C14H23NO3S/c1-15(9-12(16)10-17-2)8-11-5-6-14(19-4)13(7-11)18-3/h5-7,12,16H,8-10H2,1-4H3. The van der Waals surface area contributed by atoms with Gasteiger partial charge in [-0.25, -0.2) is 0 Å². The minimum Gasteiger partial charge on any atom is -0.496 e. The number of likely N-dealkylation sites (N-methyl/N-ethyl adjacent to an activating group) is 1. The molecular formula is C14H23NO3S. The lowest BCUT2D eigenvalue weighted by atomic mass is 10.2. The van der Waals surface area contributed by atoms with Gasteiger partial charge in [0.2, 0.25) is 0 Å². The molecule has 0 fully saturated rings. The summed E-state index contributed by atoms with van der Waals surface area (Å²) in [5, 5.41) is 9.69. The number of hydrogen-bond donors (Lipinski definition) is 1. The number of thioether (sulfide) groups is 1. The zero-order valence-electron chi connectivity index (χ0n) is 12.0. The first-order chi connectivity index (χ1) is 9.10. The Kier molecular flexibility index (Phi) is 7.23. The Hall–Kier alpha value is -0.750. The topological polar surface area (TPSA) is 41.9 Å². The summed E-state index contributed by atoms with van der Waals surface area (Å²) in [5.74, 6) is 0.899. The van der Waals surface area contributed by atoms with Crippen molar-refractivity contribution < 1.29 is 14.6 Å². The van der Waals surface area contributed by atoms with Gasteiger partial charge in [-0.3, -0.25) is 4.90 Å². The van der Waals surface area contributed by atoms with Crippen molar-refractivity contribution in [3.05, 3.63) is 23.8 Å². The first-order valence-corrected chi connectivity index (χ1v) is 7.39. The second-order valence-corrected chi connectivity index (χ2v) is 5.34. The average Bonchev–Trinajstić information content (AvgIpc) is 2.38. The first kappa shape index (κ1) is 16.3. The number of aliphatic hydroxyl groups is 1. The van der Waals surface area contributed by atoms with Crippen LogP contribution in [0.3, 0.4) is 0 Å². The molecular weight excluding hydrogens is 262 g/mol. The van der Waals surface area contributed by atoms with E-state index in [1.165, 1.54) is 5.56 Å². The molecule has 5 heteroatoms. The Morgan fingerprint density at radius 3 is 2.68 bits per heavy atom. The Labute approximate surface area is 119 Å². The first-order valence-electron chi connectivity index (χ1n) is 6.17. The molecule has 0 bridgehead atoms. The van der Waals surface area contributed by atoms with Crippen molar-refractivity contribution in [2.45, 2.75) is 17.5 Å². The van der Waals surface area contributed by atoms with E-state index in [0.717, 1.165) is 17.2 Å². The quantitative estimate of drug-likeness (QED) is 0.738. The Bertz CT molecular complexity index is 387. The van der Waals surface area contributed by atoms with Crippen LogP contribution >= 0.6 is 11.8 Å². The van der Waals surface area contributed by atoms with Crippen LogP contribution in [0.25, 0.3) is 0 Å². The fourth-order valence-corrected chi connectivity index (χ4v) is 2.51. The molecule has 0 radical (unpaired) electrons. The van der Waals surface area contributed by atoms with Gasteiger partial charge in [-0.05, 0) is 31.0 Å². The number of ether oxygens (including phenoxy) is 2. The van der Waals surface area contributed by atoms with Crippen LogP contribution in [0.1, 0.15) is 5.56 Å². The maximum Gasteiger partial charge on any atom is 0.132 e. The van der Waals surface area contributed by atoms with E-state index < -0.39 is 6.10 Å². The lowest BCUT2D eigenvalue weighted by molar-refractivity contribution is 0.0419. The second kappa shape index (κ2) is 8.43. The summed E-state index contributed by atoms with van der Waals surface area (Å²) >= 11 is 1.67. The third-order valence-corrected chi connectivity index (χ3v) is 3.56. The summed E-state index contributed by atoms with van der Waals surface area (Å²) in [5.41, 5.74) is 1.17. The molecule has 1 rings (SSSR count). The molecule has 1 atom stereocenters. The van der Waals surface area contributed by atoms with E-state index in [1.807, 2.05) is 19.4 Å². The molecule has 0 saturated heterocycles. The van der Waals surface area contributed by atoms with Crippen LogP contribution in [0.5, 0.6) is 5.75 Å². The van der Waals surface area contributed by atoms with Crippen LogP contribution in [0, 0.1) is 0 Å². The normalized spacial score (nSPS) is 12.7. The van der Waals surface area contributed by atoms with Gasteiger partial charge < -0.3 is 14.6 Å². The Morgan fingerprint density at radius 2 is 2.11 bits per heavy atom. The van der Waals surface area contributed by atoms with Crippen LogP contribution in [-0.4, -0.2) is 56.8 Å². The summed E-state index contributed by atoms with van der Waals surface area (Å²) in [6.45, 7) is 1.71. The largest absolute Gasteiger partial charge is 0.496 e. The molecule has 0 aliphatic heterocycles. The highest BCUT2D eigenvalue weighted by molar-refractivity contribution is 7.98. The van der Waals surface area contributed by atoms with Gasteiger partial charge in [0.25, 0.3) is 0 Å². The molecule has 108 valence electrons. The lowest BCUT2D eigenvalue weighted by Gasteiger charge is -2.20. The Balaban J connectivity index is 2.61. The maximum absolute atomic E-state index is 9.69. The highest BCUT2D eigenvalue weighted by Gasteiger charge is 2.10. The van der Waals surface area contributed by atoms with E-state index >= 15 is 0 Å². The fraction of sp³-hybridized carbons (Fsp3) is 0.571. The van der Waals surface area contributed by atoms with Gasteiger partial charge in [-0.2, -0.15) is 0 Å². The van der Waals surface area contributed by atoms with Crippen LogP contribution in [0.15, 0.2) is 23.1 Å². The molecule has 0 spiro atoms. The lowest BCUT2D eigenvalue weighted by Crippen LogP contribution is -2.31. The summed E-state index contributed by atoms with van der Waals surface area (Å²) in [6, 6.07) is 6.21. The second-order valence-electron chi connectivity index (χ2n) is 4.50. The zero-order valence-corrected chi connectivity index (χ0v) is 12.9. The van der Waals surface area contributed by atoms with Gasteiger partial charge in [0, 0.05) is 25.1 Å². The van der Waals surface area contributed by atoms with Crippen molar-refractivity contribution in [1.29, 1.82) is 0 Å². The number of nitrogens with zero attached hydrogens (tertiary/aromatic N) is 1. The van der Waals surface area contributed by atoms with Crippen LogP contribution < -0.4 is 4.74 Å². The predicted octanol–water partition coefficient (Wildman–Crippen LogP) is 1.86. The molecule has 19 heavy (non-hydrogen) atoms. The van der Waals surface area contributed by atoms with Gasteiger partial charge in [0.15, 0.2) is 0 Å². The monoisotopic (exact) mass is 285 g/mol. The molecule has 0 saturated carbocycles. The molecule has 0 aliphatic rings. The molecule has 1 unspecified atom stereocenters. The van der Waals surface area contributed by atoms with Gasteiger partial charge in [-0.1, -0.05) is 6.07 Å². The van der Waals surface area contributed by atoms with Crippen molar-refractivity contribution in [1.82, 2.24) is 4.90 Å². The van der Waals surface area contributed by atoms with Gasteiger partial charge in [0.05, 0.1) is 19.8 Å². The van der Waals surface area contributed by atoms with Crippen molar-refractivity contribution in [3.8, 4) is 5.75 Å². The predicted molar refractivity (Wildman–Crippen MR) is 79.0 cm³/mol. The fourth-order valence-electron chi connectivity index (χ4n) is 1.96. The molecule has 4 nitrogen and oxygen atoms in total. The van der Waals surface area contributed by atoms with E-state index in [1.54, 1.807) is 26.0 Å².